The SMILES string of the molecule is CC/C=C/C/C=C/C/C=C/C/C=C/C/C=C/CCCC(=O)OC[C@@H](COC(=O)CCCCCCC/C=C/CCCCCCC)OC(=O)CCCCCCCCCCCCCCCCC. The van der Waals surface area contributed by atoms with Crippen molar-refractivity contribution in [1.82, 2.24) is 0 Å². The van der Waals surface area contributed by atoms with E-state index in [2.05, 4.69) is 93.7 Å². The van der Waals surface area contributed by atoms with Crippen LogP contribution in [0.3, 0.4) is 0 Å². The van der Waals surface area contributed by atoms with Crippen molar-refractivity contribution in [3.63, 3.8) is 0 Å². The molecule has 0 bridgehead atoms. The molecule has 0 aliphatic rings. The van der Waals surface area contributed by atoms with Gasteiger partial charge in [-0.25, -0.2) is 0 Å². The minimum Gasteiger partial charge on any atom is -0.462 e. The van der Waals surface area contributed by atoms with E-state index >= 15 is 0 Å². The zero-order valence-corrected chi connectivity index (χ0v) is 42.0. The van der Waals surface area contributed by atoms with E-state index in [0.717, 1.165) is 83.5 Å². The second-order valence-corrected chi connectivity index (χ2v) is 17.8. The van der Waals surface area contributed by atoms with Gasteiger partial charge in [0.05, 0.1) is 0 Å². The molecule has 368 valence electrons. The van der Waals surface area contributed by atoms with Gasteiger partial charge in [-0.3, -0.25) is 14.4 Å². The number of rotatable bonds is 48. The Morgan fingerprint density at radius 2 is 0.625 bits per heavy atom. The topological polar surface area (TPSA) is 78.9 Å². The van der Waals surface area contributed by atoms with Crippen molar-refractivity contribution < 1.29 is 28.6 Å². The average Bonchev–Trinajstić information content (AvgIpc) is 3.29. The summed E-state index contributed by atoms with van der Waals surface area (Å²) in [6.07, 6.45) is 66.0. The molecule has 1 atom stereocenters. The van der Waals surface area contributed by atoms with Gasteiger partial charge in [0.15, 0.2) is 6.10 Å². The molecule has 0 heterocycles. The summed E-state index contributed by atoms with van der Waals surface area (Å²) in [6.45, 7) is 6.47. The van der Waals surface area contributed by atoms with Crippen molar-refractivity contribution in [3.8, 4) is 0 Å². The number of hydrogen-bond donors (Lipinski definition) is 0. The summed E-state index contributed by atoms with van der Waals surface area (Å²) in [7, 11) is 0. The molecule has 0 aromatic carbocycles. The molecule has 0 amide bonds. The third kappa shape index (κ3) is 49.9. The maximum absolute atomic E-state index is 12.8. The monoisotopic (exact) mass is 893 g/mol. The standard InChI is InChI=1S/C58H100O6/c1-4-7-10-13-16-19-22-25-28-29-31-33-36-39-42-45-48-51-57(60)63-54-55(53-62-56(59)50-47-44-41-38-35-32-27-24-21-18-15-12-9-6-3)64-58(61)52-49-46-43-40-37-34-30-26-23-20-17-14-11-8-5-2/h7,10,16,19,24-25,27-28,31,33,39,42,55H,4-6,8-9,11-15,17-18,20-23,26,29-30,32,34-38,40-41,43-54H2,1-3H3/b10-7+,19-16+,27-24+,28-25+,33-31+,42-39+/t55-/m1/s1. The van der Waals surface area contributed by atoms with Crippen LogP contribution in [0.4, 0.5) is 0 Å². The van der Waals surface area contributed by atoms with Crippen molar-refractivity contribution >= 4 is 17.9 Å². The zero-order chi connectivity index (χ0) is 46.5. The maximum atomic E-state index is 12.8. The molecular formula is C58H100O6. The number of carbonyl (C=O) groups excluding carboxylic acids is 3. The molecule has 0 aromatic rings. The molecule has 0 aliphatic heterocycles. The van der Waals surface area contributed by atoms with Crippen LogP contribution in [0.25, 0.3) is 0 Å². The van der Waals surface area contributed by atoms with Crippen LogP contribution >= 0.6 is 0 Å². The van der Waals surface area contributed by atoms with E-state index < -0.39 is 6.10 Å². The van der Waals surface area contributed by atoms with Crippen LogP contribution in [0.15, 0.2) is 72.9 Å². The fraction of sp³-hybridized carbons (Fsp3) is 0.741. The first-order chi connectivity index (χ1) is 31.5. The average molecular weight is 893 g/mol. The molecule has 0 saturated heterocycles. The molecule has 0 saturated carbocycles. The van der Waals surface area contributed by atoms with E-state index in [4.69, 9.17) is 14.2 Å². The lowest BCUT2D eigenvalue weighted by atomic mass is 10.0. The van der Waals surface area contributed by atoms with Crippen molar-refractivity contribution in [2.75, 3.05) is 13.2 Å². The van der Waals surface area contributed by atoms with E-state index in [-0.39, 0.29) is 37.5 Å². The van der Waals surface area contributed by atoms with Crippen LogP contribution < -0.4 is 0 Å². The lowest BCUT2D eigenvalue weighted by molar-refractivity contribution is -0.167. The Balaban J connectivity index is 4.47. The summed E-state index contributed by atoms with van der Waals surface area (Å²) in [5.41, 5.74) is 0. The van der Waals surface area contributed by atoms with Crippen molar-refractivity contribution in [1.29, 1.82) is 0 Å². The fourth-order valence-electron chi connectivity index (χ4n) is 7.41. The highest BCUT2D eigenvalue weighted by Crippen LogP contribution is 2.15. The Bertz CT molecular complexity index is 1210. The van der Waals surface area contributed by atoms with Gasteiger partial charge < -0.3 is 14.2 Å². The van der Waals surface area contributed by atoms with Crippen LogP contribution in [0.1, 0.15) is 258 Å². The Hall–Kier alpha value is -3.15. The van der Waals surface area contributed by atoms with E-state index in [1.165, 1.54) is 128 Å². The van der Waals surface area contributed by atoms with E-state index in [1.807, 2.05) is 0 Å². The molecule has 0 rings (SSSR count). The maximum Gasteiger partial charge on any atom is 0.306 e. The van der Waals surface area contributed by atoms with Crippen LogP contribution in [0.5, 0.6) is 0 Å². The Morgan fingerprint density at radius 1 is 0.328 bits per heavy atom. The highest BCUT2D eigenvalue weighted by atomic mass is 16.6. The van der Waals surface area contributed by atoms with Gasteiger partial charge in [-0.2, -0.15) is 0 Å². The molecule has 0 N–H and O–H groups in total. The van der Waals surface area contributed by atoms with E-state index in [1.54, 1.807) is 0 Å². The highest BCUT2D eigenvalue weighted by molar-refractivity contribution is 5.71. The number of esters is 3. The number of unbranched alkanes of at least 4 members (excludes halogenated alkanes) is 25. The van der Waals surface area contributed by atoms with Crippen LogP contribution in [0.2, 0.25) is 0 Å². The summed E-state index contributed by atoms with van der Waals surface area (Å²) in [4.78, 5) is 38.0. The largest absolute Gasteiger partial charge is 0.462 e. The first kappa shape index (κ1) is 60.9. The lowest BCUT2D eigenvalue weighted by Crippen LogP contribution is -2.30. The van der Waals surface area contributed by atoms with Gasteiger partial charge in [0.1, 0.15) is 13.2 Å². The van der Waals surface area contributed by atoms with E-state index in [9.17, 15) is 14.4 Å². The molecule has 0 aromatic heterocycles. The van der Waals surface area contributed by atoms with Crippen molar-refractivity contribution in [2.45, 2.75) is 264 Å². The second-order valence-electron chi connectivity index (χ2n) is 17.8. The van der Waals surface area contributed by atoms with Crippen molar-refractivity contribution in [2.24, 2.45) is 0 Å². The molecule has 0 radical (unpaired) electrons. The van der Waals surface area contributed by atoms with Gasteiger partial charge in [0, 0.05) is 19.3 Å². The summed E-state index contributed by atoms with van der Waals surface area (Å²) < 4.78 is 16.8. The normalized spacial score (nSPS) is 12.6. The zero-order valence-electron chi connectivity index (χ0n) is 42.0. The van der Waals surface area contributed by atoms with Gasteiger partial charge in [-0.15, -0.1) is 0 Å². The fourth-order valence-corrected chi connectivity index (χ4v) is 7.41. The molecular weight excluding hydrogens is 793 g/mol. The molecule has 0 spiro atoms. The van der Waals surface area contributed by atoms with Crippen molar-refractivity contribution in [3.05, 3.63) is 72.9 Å². The van der Waals surface area contributed by atoms with Gasteiger partial charge in [-0.1, -0.05) is 229 Å². The third-order valence-corrected chi connectivity index (χ3v) is 11.4. The first-order valence-electron chi connectivity index (χ1n) is 26.9. The van der Waals surface area contributed by atoms with Crippen LogP contribution in [-0.2, 0) is 28.6 Å². The van der Waals surface area contributed by atoms with Crippen LogP contribution in [0, 0.1) is 0 Å². The van der Waals surface area contributed by atoms with Gasteiger partial charge in [-0.05, 0) is 83.5 Å². The second kappa shape index (κ2) is 52.5. The van der Waals surface area contributed by atoms with Gasteiger partial charge in [0.25, 0.3) is 0 Å². The predicted molar refractivity (Wildman–Crippen MR) is 274 cm³/mol. The Morgan fingerprint density at radius 3 is 1.03 bits per heavy atom. The Labute approximate surface area is 395 Å². The molecule has 0 aliphatic carbocycles. The number of carbonyl (C=O) groups is 3. The molecule has 0 unspecified atom stereocenters. The summed E-state index contributed by atoms with van der Waals surface area (Å²) in [5.74, 6) is -0.958. The molecule has 6 heteroatoms. The number of allylic oxidation sites excluding steroid dienone is 12. The van der Waals surface area contributed by atoms with Gasteiger partial charge >= 0.3 is 17.9 Å². The molecule has 6 nitrogen and oxygen atoms in total. The summed E-state index contributed by atoms with van der Waals surface area (Å²) in [5, 5.41) is 0. The molecule has 64 heavy (non-hydrogen) atoms. The smallest absolute Gasteiger partial charge is 0.306 e. The lowest BCUT2D eigenvalue weighted by Gasteiger charge is -2.18. The van der Waals surface area contributed by atoms with Crippen LogP contribution in [-0.4, -0.2) is 37.2 Å². The highest BCUT2D eigenvalue weighted by Gasteiger charge is 2.19. The van der Waals surface area contributed by atoms with Gasteiger partial charge in [0.2, 0.25) is 0 Å². The molecule has 0 fully saturated rings. The van der Waals surface area contributed by atoms with E-state index in [0.29, 0.717) is 19.3 Å². The minimum absolute atomic E-state index is 0.0956. The quantitative estimate of drug-likeness (QED) is 0.0262. The minimum atomic E-state index is -0.799. The number of hydrogen-bond acceptors (Lipinski definition) is 6. The first-order valence-corrected chi connectivity index (χ1v) is 26.9. The number of ether oxygens (including phenoxy) is 3. The summed E-state index contributed by atoms with van der Waals surface area (Å²) >= 11 is 0. The summed E-state index contributed by atoms with van der Waals surface area (Å²) in [6, 6.07) is 0. The third-order valence-electron chi connectivity index (χ3n) is 11.4. The predicted octanol–water partition coefficient (Wildman–Crippen LogP) is 17.8. The Kier molecular flexibility index (Phi) is 49.9.